The van der Waals surface area contributed by atoms with Crippen LogP contribution >= 0.6 is 0 Å². The van der Waals surface area contributed by atoms with E-state index in [1.807, 2.05) is 18.2 Å². The standard InChI is InChI=1S/C17H29NO2/c1-3-4-5-6-7-8-9-13-20-17-15(14-18)11-10-12-16(17)19-2/h10-12H,3-9,13-14,18H2,1-2H3. The van der Waals surface area contributed by atoms with Crippen LogP contribution < -0.4 is 15.2 Å². The summed E-state index contributed by atoms with van der Waals surface area (Å²) in [6.07, 6.45) is 9.00. The lowest BCUT2D eigenvalue weighted by Gasteiger charge is -2.14. The summed E-state index contributed by atoms with van der Waals surface area (Å²) in [6, 6.07) is 5.85. The number of benzene rings is 1. The molecule has 0 spiro atoms. The van der Waals surface area contributed by atoms with E-state index in [1.165, 1.54) is 38.5 Å². The minimum absolute atomic E-state index is 0.476. The molecule has 0 bridgehead atoms. The van der Waals surface area contributed by atoms with Gasteiger partial charge in [0.15, 0.2) is 11.5 Å². The predicted molar refractivity (Wildman–Crippen MR) is 84.4 cm³/mol. The molecule has 1 aromatic rings. The van der Waals surface area contributed by atoms with Crippen molar-refractivity contribution >= 4 is 0 Å². The molecule has 0 amide bonds. The Bertz CT molecular complexity index is 344. The highest BCUT2D eigenvalue weighted by Crippen LogP contribution is 2.30. The summed E-state index contributed by atoms with van der Waals surface area (Å²) in [5, 5.41) is 0. The van der Waals surface area contributed by atoms with Crippen molar-refractivity contribution in [1.29, 1.82) is 0 Å². The molecule has 3 nitrogen and oxygen atoms in total. The number of ether oxygens (including phenoxy) is 2. The highest BCUT2D eigenvalue weighted by Gasteiger charge is 2.08. The molecular formula is C17H29NO2. The number of rotatable bonds is 11. The van der Waals surface area contributed by atoms with E-state index in [0.717, 1.165) is 30.1 Å². The third-order valence-electron chi connectivity index (χ3n) is 3.49. The van der Waals surface area contributed by atoms with Crippen molar-refractivity contribution in [3.05, 3.63) is 23.8 Å². The number of hydrogen-bond donors (Lipinski definition) is 1. The lowest BCUT2D eigenvalue weighted by atomic mass is 10.1. The summed E-state index contributed by atoms with van der Waals surface area (Å²) >= 11 is 0. The van der Waals surface area contributed by atoms with Gasteiger partial charge in [0.25, 0.3) is 0 Å². The highest BCUT2D eigenvalue weighted by molar-refractivity contribution is 5.46. The van der Waals surface area contributed by atoms with Gasteiger partial charge in [0.05, 0.1) is 13.7 Å². The van der Waals surface area contributed by atoms with Crippen LogP contribution in [-0.4, -0.2) is 13.7 Å². The van der Waals surface area contributed by atoms with Crippen molar-refractivity contribution < 1.29 is 9.47 Å². The summed E-state index contributed by atoms with van der Waals surface area (Å²) in [4.78, 5) is 0. The summed E-state index contributed by atoms with van der Waals surface area (Å²) in [5.41, 5.74) is 6.74. The van der Waals surface area contributed by atoms with Gasteiger partial charge in [0.2, 0.25) is 0 Å². The van der Waals surface area contributed by atoms with Crippen LogP contribution in [0.3, 0.4) is 0 Å². The molecule has 0 saturated carbocycles. The number of para-hydroxylation sites is 1. The molecule has 20 heavy (non-hydrogen) atoms. The fraction of sp³-hybridized carbons (Fsp3) is 0.647. The van der Waals surface area contributed by atoms with E-state index >= 15 is 0 Å². The van der Waals surface area contributed by atoms with Crippen LogP contribution in [0.4, 0.5) is 0 Å². The van der Waals surface area contributed by atoms with Gasteiger partial charge in [-0.25, -0.2) is 0 Å². The maximum Gasteiger partial charge on any atom is 0.165 e. The fourth-order valence-corrected chi connectivity index (χ4v) is 2.28. The van der Waals surface area contributed by atoms with Gasteiger partial charge in [-0.3, -0.25) is 0 Å². The molecule has 0 aliphatic carbocycles. The maximum absolute atomic E-state index is 5.87. The largest absolute Gasteiger partial charge is 0.493 e. The van der Waals surface area contributed by atoms with Crippen molar-refractivity contribution in [3.8, 4) is 11.5 Å². The zero-order chi connectivity index (χ0) is 14.6. The van der Waals surface area contributed by atoms with E-state index in [0.29, 0.717) is 6.54 Å². The molecule has 1 aromatic carbocycles. The number of nitrogens with two attached hydrogens (primary N) is 1. The Kier molecular flexibility index (Phi) is 8.88. The summed E-state index contributed by atoms with van der Waals surface area (Å²) in [5.74, 6) is 1.58. The minimum Gasteiger partial charge on any atom is -0.493 e. The molecule has 114 valence electrons. The minimum atomic E-state index is 0.476. The monoisotopic (exact) mass is 279 g/mol. The van der Waals surface area contributed by atoms with Crippen LogP contribution in [0.1, 0.15) is 57.4 Å². The number of unbranched alkanes of at least 4 members (excludes halogenated alkanes) is 6. The molecule has 0 atom stereocenters. The first kappa shape index (κ1) is 16.8. The van der Waals surface area contributed by atoms with Gasteiger partial charge in [0, 0.05) is 12.1 Å². The molecule has 0 aliphatic heterocycles. The normalized spacial score (nSPS) is 10.6. The highest BCUT2D eigenvalue weighted by atomic mass is 16.5. The van der Waals surface area contributed by atoms with Crippen molar-refractivity contribution in [2.45, 2.75) is 58.4 Å². The molecule has 0 saturated heterocycles. The molecule has 0 radical (unpaired) electrons. The molecular weight excluding hydrogens is 250 g/mol. The van der Waals surface area contributed by atoms with Crippen molar-refractivity contribution in [1.82, 2.24) is 0 Å². The third kappa shape index (κ3) is 5.83. The van der Waals surface area contributed by atoms with Crippen molar-refractivity contribution in [2.75, 3.05) is 13.7 Å². The second kappa shape index (κ2) is 10.6. The Labute approximate surface area is 123 Å². The molecule has 0 unspecified atom stereocenters. The van der Waals surface area contributed by atoms with Crippen molar-refractivity contribution in [3.63, 3.8) is 0 Å². The zero-order valence-corrected chi connectivity index (χ0v) is 13.0. The predicted octanol–water partition coefficient (Wildman–Crippen LogP) is 4.28. The van der Waals surface area contributed by atoms with Gasteiger partial charge in [0.1, 0.15) is 0 Å². The topological polar surface area (TPSA) is 44.5 Å². The van der Waals surface area contributed by atoms with E-state index in [9.17, 15) is 0 Å². The molecule has 0 heterocycles. The maximum atomic E-state index is 5.87. The Morgan fingerprint density at radius 2 is 1.70 bits per heavy atom. The van der Waals surface area contributed by atoms with Crippen LogP contribution in [-0.2, 0) is 6.54 Å². The van der Waals surface area contributed by atoms with E-state index in [4.69, 9.17) is 15.2 Å². The van der Waals surface area contributed by atoms with Gasteiger partial charge in [-0.05, 0) is 12.5 Å². The first-order valence-electron chi connectivity index (χ1n) is 7.82. The average Bonchev–Trinajstić information content (AvgIpc) is 2.49. The van der Waals surface area contributed by atoms with E-state index in [1.54, 1.807) is 7.11 Å². The van der Waals surface area contributed by atoms with Gasteiger partial charge >= 0.3 is 0 Å². The SMILES string of the molecule is CCCCCCCCCOc1c(CN)cccc1OC. The molecule has 3 heteroatoms. The van der Waals surface area contributed by atoms with Gasteiger partial charge in [-0.15, -0.1) is 0 Å². The van der Waals surface area contributed by atoms with Crippen molar-refractivity contribution in [2.24, 2.45) is 5.73 Å². The molecule has 0 aromatic heterocycles. The van der Waals surface area contributed by atoms with Crippen LogP contribution in [0.2, 0.25) is 0 Å². The quantitative estimate of drug-likeness (QED) is 0.615. The smallest absolute Gasteiger partial charge is 0.165 e. The van der Waals surface area contributed by atoms with E-state index in [-0.39, 0.29) is 0 Å². The molecule has 1 rings (SSSR count). The molecule has 0 fully saturated rings. The first-order chi connectivity index (χ1) is 9.83. The summed E-state index contributed by atoms with van der Waals surface area (Å²) < 4.78 is 11.2. The van der Waals surface area contributed by atoms with Gasteiger partial charge in [-0.2, -0.15) is 0 Å². The van der Waals surface area contributed by atoms with E-state index in [2.05, 4.69) is 6.92 Å². The Morgan fingerprint density at radius 3 is 2.35 bits per heavy atom. The first-order valence-corrected chi connectivity index (χ1v) is 7.82. The lowest BCUT2D eigenvalue weighted by Crippen LogP contribution is -2.05. The molecule has 0 aliphatic rings. The zero-order valence-electron chi connectivity index (χ0n) is 13.0. The van der Waals surface area contributed by atoms with Crippen LogP contribution in [0.15, 0.2) is 18.2 Å². The van der Waals surface area contributed by atoms with E-state index < -0.39 is 0 Å². The van der Waals surface area contributed by atoms with Crippen LogP contribution in [0.5, 0.6) is 11.5 Å². The van der Waals surface area contributed by atoms with Crippen LogP contribution in [0, 0.1) is 0 Å². The summed E-state index contributed by atoms with van der Waals surface area (Å²) in [6.45, 7) is 3.46. The average molecular weight is 279 g/mol. The second-order valence-corrected chi connectivity index (χ2v) is 5.12. The Balaban J connectivity index is 2.27. The Morgan fingerprint density at radius 1 is 1.00 bits per heavy atom. The lowest BCUT2D eigenvalue weighted by molar-refractivity contribution is 0.282. The number of methoxy groups -OCH3 is 1. The van der Waals surface area contributed by atoms with Crippen LogP contribution in [0.25, 0.3) is 0 Å². The second-order valence-electron chi connectivity index (χ2n) is 5.12. The number of hydrogen-bond acceptors (Lipinski definition) is 3. The third-order valence-corrected chi connectivity index (χ3v) is 3.49. The van der Waals surface area contributed by atoms with Gasteiger partial charge < -0.3 is 15.2 Å². The molecule has 2 N–H and O–H groups in total. The fourth-order valence-electron chi connectivity index (χ4n) is 2.28. The Hall–Kier alpha value is -1.22. The summed E-state index contributed by atoms with van der Waals surface area (Å²) in [7, 11) is 1.66. The van der Waals surface area contributed by atoms with Gasteiger partial charge in [-0.1, -0.05) is 57.6 Å².